The molecule has 2 bridgehead atoms. The van der Waals surface area contributed by atoms with Gasteiger partial charge in [0.2, 0.25) is 0 Å². The number of hydrogen-bond donors (Lipinski definition) is 4. The molecule has 36 heavy (non-hydrogen) atoms. The maximum atomic E-state index is 15.2. The molecule has 8 nitrogen and oxygen atoms in total. The Morgan fingerprint density at radius 3 is 2.89 bits per heavy atom. The highest BCUT2D eigenvalue weighted by molar-refractivity contribution is 6.17. The van der Waals surface area contributed by atoms with Crippen molar-refractivity contribution in [2.24, 2.45) is 16.3 Å². The summed E-state index contributed by atoms with van der Waals surface area (Å²) in [7, 11) is 2.21. The number of benzene rings is 1. The van der Waals surface area contributed by atoms with E-state index in [2.05, 4.69) is 32.6 Å². The lowest BCUT2D eigenvalue weighted by Crippen LogP contribution is -2.39. The third-order valence-electron chi connectivity index (χ3n) is 8.29. The van der Waals surface area contributed by atoms with Crippen LogP contribution in [0.25, 0.3) is 0 Å². The number of rotatable bonds is 5. The van der Waals surface area contributed by atoms with Crippen LogP contribution in [0.4, 0.5) is 15.9 Å². The molecule has 3 heterocycles. The number of nitrogens with zero attached hydrogens (tertiary/aromatic N) is 3. The van der Waals surface area contributed by atoms with Crippen LogP contribution in [0.1, 0.15) is 53.6 Å². The number of nitrogen functional groups attached to an aromatic ring is 1. The molecule has 1 spiro atoms. The number of hydrogen-bond acceptors (Lipinski definition) is 7. The van der Waals surface area contributed by atoms with E-state index in [1.54, 1.807) is 12.4 Å². The van der Waals surface area contributed by atoms with E-state index in [9.17, 15) is 4.79 Å². The van der Waals surface area contributed by atoms with Crippen LogP contribution >= 0.6 is 0 Å². The molecule has 6 rings (SSSR count). The van der Waals surface area contributed by atoms with Gasteiger partial charge < -0.3 is 21.3 Å². The zero-order valence-electron chi connectivity index (χ0n) is 20.2. The number of piperidine rings is 1. The summed E-state index contributed by atoms with van der Waals surface area (Å²) in [6.07, 6.45) is 10.2. The minimum atomic E-state index is -0.662. The van der Waals surface area contributed by atoms with Gasteiger partial charge in [-0.05, 0) is 62.9 Å². The first-order chi connectivity index (χ1) is 17.4. The summed E-state index contributed by atoms with van der Waals surface area (Å²) >= 11 is 0. The Kier molecular flexibility index (Phi) is 5.40. The lowest BCUT2D eigenvalue weighted by Gasteiger charge is -2.31. The summed E-state index contributed by atoms with van der Waals surface area (Å²) < 4.78 is 15.2. The fraction of sp³-hybridized carbons (Fsp3) is 0.407. The van der Waals surface area contributed by atoms with Crippen LogP contribution in [0.3, 0.4) is 0 Å². The Balaban J connectivity index is 1.22. The second-order valence-corrected chi connectivity index (χ2v) is 10.5. The number of allylic oxidation sites excluding steroid dienone is 1. The summed E-state index contributed by atoms with van der Waals surface area (Å²) in [5.41, 5.74) is 7.74. The van der Waals surface area contributed by atoms with E-state index in [4.69, 9.17) is 11.1 Å². The number of fused-ring (bicyclic) bond motifs is 3. The van der Waals surface area contributed by atoms with Gasteiger partial charge in [0.05, 0.1) is 11.3 Å². The highest BCUT2D eigenvalue weighted by atomic mass is 19.1. The molecule has 1 aromatic carbocycles. The lowest BCUT2D eigenvalue weighted by molar-refractivity contribution is 0.0976. The highest BCUT2D eigenvalue weighted by Crippen LogP contribution is 2.64. The van der Waals surface area contributed by atoms with Crippen molar-refractivity contribution in [3.63, 3.8) is 0 Å². The lowest BCUT2D eigenvalue weighted by atomic mass is 9.94. The van der Waals surface area contributed by atoms with E-state index < -0.39 is 11.7 Å². The Hall–Kier alpha value is -3.59. The third kappa shape index (κ3) is 3.78. The number of carbonyl (C=O) groups excluding carboxylic acids is 1. The molecule has 0 radical (unpaired) electrons. The van der Waals surface area contributed by atoms with Gasteiger partial charge in [0.1, 0.15) is 17.5 Å². The summed E-state index contributed by atoms with van der Waals surface area (Å²) in [6.45, 7) is 1.18. The zero-order valence-corrected chi connectivity index (χ0v) is 20.2. The number of halogens is 1. The van der Waals surface area contributed by atoms with Gasteiger partial charge in [-0.25, -0.2) is 14.4 Å². The first-order valence-corrected chi connectivity index (χ1v) is 12.5. The van der Waals surface area contributed by atoms with Crippen molar-refractivity contribution >= 4 is 29.0 Å². The molecule has 9 heteroatoms. The SMILES string of the molecule is CN1CC2CC1C1(C2)C[C@H]1Nc1ccnc(N)c1C(=N)c1ccc(C(=O)NC2=NC=CCC2)cc1F. The first-order valence-electron chi connectivity index (χ1n) is 12.5. The van der Waals surface area contributed by atoms with Gasteiger partial charge >= 0.3 is 0 Å². The van der Waals surface area contributed by atoms with Crippen LogP contribution in [0.5, 0.6) is 0 Å². The molecule has 4 aliphatic rings. The molecule has 2 aliphatic carbocycles. The van der Waals surface area contributed by atoms with Gasteiger partial charge in [-0.2, -0.15) is 0 Å². The number of aliphatic imine (C=N–C) groups is 1. The molecule has 2 aromatic rings. The van der Waals surface area contributed by atoms with E-state index in [1.165, 1.54) is 31.5 Å². The second-order valence-electron chi connectivity index (χ2n) is 10.5. The Labute approximate surface area is 209 Å². The fourth-order valence-electron chi connectivity index (χ4n) is 6.55. The molecule has 3 fully saturated rings. The fourth-order valence-corrected chi connectivity index (χ4v) is 6.55. The molecule has 186 valence electrons. The number of carbonyl (C=O) groups is 1. The van der Waals surface area contributed by atoms with Crippen molar-refractivity contribution in [1.82, 2.24) is 15.2 Å². The minimum Gasteiger partial charge on any atom is -0.383 e. The molecule has 1 aromatic heterocycles. The van der Waals surface area contributed by atoms with Gasteiger partial charge in [0.15, 0.2) is 0 Å². The number of amides is 1. The number of pyridine rings is 1. The molecular formula is C27H30FN7O. The van der Waals surface area contributed by atoms with Crippen LogP contribution < -0.4 is 16.4 Å². The third-order valence-corrected chi connectivity index (χ3v) is 8.29. The minimum absolute atomic E-state index is 0.0610. The van der Waals surface area contributed by atoms with Gasteiger partial charge in [-0.15, -0.1) is 0 Å². The van der Waals surface area contributed by atoms with E-state index in [0.29, 0.717) is 35.6 Å². The number of amidine groups is 1. The summed E-state index contributed by atoms with van der Waals surface area (Å²) in [4.78, 5) is 23.4. The number of likely N-dealkylation sites (tertiary alicyclic amines) is 1. The highest BCUT2D eigenvalue weighted by Gasteiger charge is 2.66. The monoisotopic (exact) mass is 487 g/mol. The van der Waals surface area contributed by atoms with Gasteiger partial charge in [-0.3, -0.25) is 10.2 Å². The van der Waals surface area contributed by atoms with Crippen LogP contribution in [0.2, 0.25) is 0 Å². The molecule has 4 atom stereocenters. The van der Waals surface area contributed by atoms with Crippen LogP contribution in [-0.2, 0) is 0 Å². The topological polar surface area (TPSA) is 119 Å². The number of nitrogens with two attached hydrogens (primary N) is 1. The van der Waals surface area contributed by atoms with Crippen molar-refractivity contribution in [1.29, 1.82) is 5.41 Å². The smallest absolute Gasteiger partial charge is 0.256 e. The summed E-state index contributed by atoms with van der Waals surface area (Å²) in [5.74, 6) is 0.398. The quantitative estimate of drug-likeness (QED) is 0.481. The maximum absolute atomic E-state index is 15.2. The standard InChI is InChI=1S/C27H30FN7O/c1-35-14-15-10-21(35)27(12-15)13-20(27)33-19-7-9-32-25(30)23(19)24(29)17-6-5-16(11-18(17)28)26(36)34-22-4-2-3-8-31-22/h3,5-9,11,15,20-21,29H,2,4,10,12-14H2,1H3,(H3,30,32,33)(H,31,34,36)/t15?,20-,21?,27?/m1/s1. The Bertz CT molecular complexity index is 1320. The number of anilines is 2. The number of aromatic nitrogens is 1. The summed E-state index contributed by atoms with van der Waals surface area (Å²) in [6, 6.07) is 6.82. The molecule has 3 unspecified atom stereocenters. The Morgan fingerprint density at radius 2 is 2.17 bits per heavy atom. The maximum Gasteiger partial charge on any atom is 0.256 e. The summed E-state index contributed by atoms with van der Waals surface area (Å²) in [5, 5.41) is 15.2. The van der Waals surface area contributed by atoms with Crippen molar-refractivity contribution in [2.45, 2.75) is 44.2 Å². The second kappa shape index (κ2) is 8.51. The molecule has 5 N–H and O–H groups in total. The van der Waals surface area contributed by atoms with Gasteiger partial charge in [0, 0.05) is 59.7 Å². The molecular weight excluding hydrogens is 457 g/mol. The van der Waals surface area contributed by atoms with Crippen molar-refractivity contribution in [2.75, 3.05) is 24.6 Å². The molecule has 1 amide bonds. The van der Waals surface area contributed by atoms with Crippen molar-refractivity contribution in [3.05, 3.63) is 65.2 Å². The Morgan fingerprint density at radius 1 is 1.31 bits per heavy atom. The van der Waals surface area contributed by atoms with E-state index >= 15 is 4.39 Å². The predicted octanol–water partition coefficient (Wildman–Crippen LogP) is 3.55. The van der Waals surface area contributed by atoms with Gasteiger partial charge in [-0.1, -0.05) is 6.08 Å². The van der Waals surface area contributed by atoms with E-state index in [0.717, 1.165) is 24.8 Å². The van der Waals surface area contributed by atoms with Crippen molar-refractivity contribution in [3.8, 4) is 0 Å². The van der Waals surface area contributed by atoms with Crippen molar-refractivity contribution < 1.29 is 9.18 Å². The predicted molar refractivity (Wildman–Crippen MR) is 138 cm³/mol. The van der Waals surface area contributed by atoms with Gasteiger partial charge in [0.25, 0.3) is 5.91 Å². The van der Waals surface area contributed by atoms with E-state index in [-0.39, 0.29) is 28.1 Å². The van der Waals surface area contributed by atoms with Crippen LogP contribution in [0.15, 0.2) is 47.7 Å². The first kappa shape index (κ1) is 22.8. The molecule has 1 saturated heterocycles. The average Bonchev–Trinajstić information content (AvgIpc) is 3.18. The molecule has 2 aliphatic heterocycles. The normalized spacial score (nSPS) is 28.3. The van der Waals surface area contributed by atoms with Crippen LogP contribution in [-0.4, -0.2) is 53.0 Å². The number of nitrogens with one attached hydrogen (secondary N) is 3. The molecule has 2 saturated carbocycles. The average molecular weight is 488 g/mol. The largest absolute Gasteiger partial charge is 0.383 e. The zero-order chi connectivity index (χ0) is 25.0. The van der Waals surface area contributed by atoms with E-state index in [1.807, 2.05) is 12.1 Å². The van der Waals surface area contributed by atoms with Crippen LogP contribution in [0, 0.1) is 22.6 Å².